The Morgan fingerprint density at radius 3 is 2.75 bits per heavy atom. The van der Waals surface area contributed by atoms with Crippen molar-refractivity contribution in [3.8, 4) is 6.07 Å². The smallest absolute Gasteiger partial charge is 0.319 e. The van der Waals surface area contributed by atoms with Crippen LogP contribution in [-0.4, -0.2) is 40.2 Å². The molecule has 10 heteroatoms. The normalized spacial score (nSPS) is 10.9. The summed E-state index contributed by atoms with van der Waals surface area (Å²) in [4.78, 5) is 10.3. The number of hydrogen-bond donors (Lipinski definition) is 2. The van der Waals surface area contributed by atoms with Crippen LogP contribution in [0.4, 0.5) is 5.82 Å². The minimum Gasteiger partial charge on any atom is -0.480 e. The topological polar surface area (TPSA) is 152 Å². The zero-order chi connectivity index (χ0) is 12.3. The lowest BCUT2D eigenvalue weighted by Gasteiger charge is -1.98. The summed E-state index contributed by atoms with van der Waals surface area (Å²) in [6, 6.07) is 1.70. The van der Waals surface area contributed by atoms with E-state index in [1.54, 1.807) is 6.07 Å². The number of hydrogen-bond acceptors (Lipinski definition) is 7. The summed E-state index contributed by atoms with van der Waals surface area (Å²) >= 11 is 0. The van der Waals surface area contributed by atoms with Gasteiger partial charge in [0.05, 0.1) is 6.07 Å². The number of aliphatic carboxylic acids is 1. The molecule has 1 heterocycles. The van der Waals surface area contributed by atoms with E-state index in [0.29, 0.717) is 0 Å². The second kappa shape index (κ2) is 4.15. The maximum atomic E-state index is 11.4. The zero-order valence-corrected chi connectivity index (χ0v) is 8.68. The quantitative estimate of drug-likeness (QED) is 0.632. The molecule has 3 N–H and O–H groups in total. The van der Waals surface area contributed by atoms with E-state index in [0.717, 1.165) is 4.68 Å². The van der Waals surface area contributed by atoms with E-state index in [1.807, 2.05) is 0 Å². The molecule has 16 heavy (non-hydrogen) atoms. The summed E-state index contributed by atoms with van der Waals surface area (Å²) in [7, 11) is -4.12. The van der Waals surface area contributed by atoms with Gasteiger partial charge in [0.1, 0.15) is 6.54 Å². The Balaban J connectivity index is 3.16. The summed E-state index contributed by atoms with van der Waals surface area (Å²) < 4.78 is 23.7. The molecule has 0 radical (unpaired) electrons. The molecule has 0 spiro atoms. The number of rotatable bonds is 4. The van der Waals surface area contributed by atoms with Crippen LogP contribution in [0.1, 0.15) is 0 Å². The Morgan fingerprint density at radius 2 is 2.25 bits per heavy atom. The zero-order valence-electron chi connectivity index (χ0n) is 7.86. The van der Waals surface area contributed by atoms with Gasteiger partial charge in [-0.3, -0.25) is 4.79 Å². The van der Waals surface area contributed by atoms with Crippen LogP contribution in [0.15, 0.2) is 5.03 Å². The van der Waals surface area contributed by atoms with Gasteiger partial charge in [-0.25, -0.2) is 13.1 Å². The predicted octanol–water partition coefficient (Wildman–Crippen LogP) is -1.76. The van der Waals surface area contributed by atoms with Crippen LogP contribution >= 0.6 is 0 Å². The highest BCUT2D eigenvalue weighted by atomic mass is 32.2. The molecule has 0 aliphatic carbocycles. The average Bonchev–Trinajstić information content (AvgIpc) is 2.47. The summed E-state index contributed by atoms with van der Waals surface area (Å²) in [5.74, 6) is -2.99. The third-order valence-electron chi connectivity index (χ3n) is 1.57. The Hall–Kier alpha value is -2.15. The Kier molecular flexibility index (Phi) is 3.09. The number of nitrogens with zero attached hydrogens (tertiary/aromatic N) is 4. The van der Waals surface area contributed by atoms with Gasteiger partial charge < -0.3 is 10.8 Å². The first-order chi connectivity index (χ1) is 7.38. The van der Waals surface area contributed by atoms with E-state index in [2.05, 4.69) is 10.3 Å². The van der Waals surface area contributed by atoms with Crippen molar-refractivity contribution in [3.63, 3.8) is 0 Å². The average molecular weight is 245 g/mol. The number of sulfone groups is 1. The van der Waals surface area contributed by atoms with Crippen LogP contribution in [-0.2, 0) is 21.2 Å². The molecule has 0 saturated heterocycles. The van der Waals surface area contributed by atoms with E-state index in [1.165, 1.54) is 0 Å². The second-order valence-electron chi connectivity index (χ2n) is 2.75. The number of carboxylic acids is 1. The third-order valence-corrected chi connectivity index (χ3v) is 3.08. The molecule has 1 aromatic heterocycles. The molecule has 9 nitrogen and oxygen atoms in total. The molecule has 0 amide bonds. The monoisotopic (exact) mass is 245 g/mol. The van der Waals surface area contributed by atoms with Crippen LogP contribution in [0.2, 0.25) is 0 Å². The lowest BCUT2D eigenvalue weighted by Crippen LogP contribution is -2.17. The summed E-state index contributed by atoms with van der Waals surface area (Å²) in [5.41, 5.74) is 5.37. The van der Waals surface area contributed by atoms with Crippen molar-refractivity contribution >= 4 is 21.6 Å². The third kappa shape index (κ3) is 2.26. The molecular formula is C6H7N5O4S. The van der Waals surface area contributed by atoms with Crippen molar-refractivity contribution in [3.05, 3.63) is 0 Å². The van der Waals surface area contributed by atoms with Gasteiger partial charge in [-0.1, -0.05) is 5.21 Å². The van der Waals surface area contributed by atoms with Crippen LogP contribution in [0.25, 0.3) is 0 Å². The molecule has 0 aliphatic rings. The van der Waals surface area contributed by atoms with Gasteiger partial charge in [-0.2, -0.15) is 5.26 Å². The molecular weight excluding hydrogens is 238 g/mol. The molecule has 0 fully saturated rings. The lowest BCUT2D eigenvalue weighted by molar-refractivity contribution is -0.134. The summed E-state index contributed by atoms with van der Waals surface area (Å²) in [5, 5.41) is 22.7. The molecule has 0 saturated carbocycles. The summed E-state index contributed by atoms with van der Waals surface area (Å²) in [6.45, 7) is -0.262. The number of nitrogen functional groups attached to an aromatic ring is 1. The van der Waals surface area contributed by atoms with E-state index >= 15 is 0 Å². The fourth-order valence-electron chi connectivity index (χ4n) is 0.941. The largest absolute Gasteiger partial charge is 0.480 e. The Bertz CT molecular complexity index is 554. The minimum absolute atomic E-state index is 0.262. The van der Waals surface area contributed by atoms with E-state index in [-0.39, 0.29) is 12.4 Å². The highest BCUT2D eigenvalue weighted by Crippen LogP contribution is 2.15. The first kappa shape index (κ1) is 11.9. The second-order valence-corrected chi connectivity index (χ2v) is 4.65. The fourth-order valence-corrected chi connectivity index (χ4v) is 1.99. The molecule has 0 aromatic carbocycles. The molecule has 0 atom stereocenters. The summed E-state index contributed by atoms with van der Waals surface area (Å²) in [6.07, 6.45) is 0. The van der Waals surface area contributed by atoms with Gasteiger partial charge in [0.25, 0.3) is 0 Å². The molecule has 1 aromatic rings. The van der Waals surface area contributed by atoms with Crippen molar-refractivity contribution in [1.29, 1.82) is 5.26 Å². The van der Waals surface area contributed by atoms with E-state index < -0.39 is 26.6 Å². The van der Waals surface area contributed by atoms with Crippen molar-refractivity contribution in [2.45, 2.75) is 11.6 Å². The number of nitrogens with two attached hydrogens (primary N) is 1. The number of carboxylic acid groups (broad SMARTS) is 1. The Morgan fingerprint density at radius 1 is 1.62 bits per heavy atom. The van der Waals surface area contributed by atoms with Gasteiger partial charge >= 0.3 is 5.97 Å². The maximum absolute atomic E-state index is 11.4. The molecule has 0 unspecified atom stereocenters. The number of aromatic nitrogens is 3. The first-order valence-corrected chi connectivity index (χ1v) is 5.54. The predicted molar refractivity (Wildman–Crippen MR) is 49.7 cm³/mol. The van der Waals surface area contributed by atoms with E-state index in [4.69, 9.17) is 16.1 Å². The standard InChI is InChI=1S/C6H7N5O4S/c7-1-2-11-5(8)6(9-10-11)16(14,15)3-4(12)13/h2-3,8H2,(H,12,13). The molecule has 86 valence electrons. The highest BCUT2D eigenvalue weighted by Gasteiger charge is 2.26. The Labute approximate surface area is 90.0 Å². The molecule has 0 aliphatic heterocycles. The van der Waals surface area contributed by atoms with Gasteiger partial charge in [0.15, 0.2) is 11.6 Å². The molecule has 1 rings (SSSR count). The van der Waals surface area contributed by atoms with Gasteiger partial charge in [0, 0.05) is 0 Å². The fraction of sp³-hybridized carbons (Fsp3) is 0.333. The van der Waals surface area contributed by atoms with Crippen LogP contribution < -0.4 is 5.73 Å². The van der Waals surface area contributed by atoms with Gasteiger partial charge in [-0.05, 0) is 0 Å². The van der Waals surface area contributed by atoms with Gasteiger partial charge in [-0.15, -0.1) is 5.10 Å². The number of carbonyl (C=O) groups is 1. The van der Waals surface area contributed by atoms with Crippen molar-refractivity contribution in [2.24, 2.45) is 0 Å². The van der Waals surface area contributed by atoms with Crippen LogP contribution in [0.3, 0.4) is 0 Å². The van der Waals surface area contributed by atoms with Crippen molar-refractivity contribution in [2.75, 3.05) is 11.5 Å². The lowest BCUT2D eigenvalue weighted by atomic mass is 10.7. The van der Waals surface area contributed by atoms with Crippen LogP contribution in [0, 0.1) is 11.3 Å². The highest BCUT2D eigenvalue weighted by molar-refractivity contribution is 7.92. The van der Waals surface area contributed by atoms with Crippen molar-refractivity contribution < 1.29 is 18.3 Å². The molecule has 0 bridgehead atoms. The van der Waals surface area contributed by atoms with E-state index in [9.17, 15) is 13.2 Å². The first-order valence-electron chi connectivity index (χ1n) is 3.89. The van der Waals surface area contributed by atoms with Crippen LogP contribution in [0.5, 0.6) is 0 Å². The maximum Gasteiger partial charge on any atom is 0.319 e. The number of anilines is 1. The van der Waals surface area contributed by atoms with Gasteiger partial charge in [0.2, 0.25) is 14.9 Å². The van der Waals surface area contributed by atoms with Crippen molar-refractivity contribution in [1.82, 2.24) is 15.0 Å². The number of nitriles is 1. The SMILES string of the molecule is N#CCn1nnc(S(=O)(=O)CC(=O)O)c1N. The minimum atomic E-state index is -4.12.